The van der Waals surface area contributed by atoms with Crippen LogP contribution in [0.2, 0.25) is 0 Å². The number of aryl methyl sites for hydroxylation is 1. The van der Waals surface area contributed by atoms with Crippen molar-refractivity contribution in [3.05, 3.63) is 77.9 Å². The van der Waals surface area contributed by atoms with Crippen molar-refractivity contribution in [3.63, 3.8) is 0 Å². The Kier molecular flexibility index (Phi) is 6.25. The maximum Gasteiger partial charge on any atom is 0.223 e. The van der Waals surface area contributed by atoms with Gasteiger partial charge < -0.3 is 10.6 Å². The summed E-state index contributed by atoms with van der Waals surface area (Å²) < 4.78 is 0. The maximum atomic E-state index is 13.1. The molecule has 0 bridgehead atoms. The van der Waals surface area contributed by atoms with Gasteiger partial charge in [0.2, 0.25) is 5.91 Å². The molecule has 0 aliphatic heterocycles. The average Bonchev–Trinajstić information content (AvgIpc) is 3.52. The van der Waals surface area contributed by atoms with Crippen LogP contribution in [0, 0.1) is 0 Å². The van der Waals surface area contributed by atoms with Gasteiger partial charge >= 0.3 is 0 Å². The van der Waals surface area contributed by atoms with Crippen molar-refractivity contribution in [2.45, 2.75) is 44.7 Å². The zero-order valence-electron chi connectivity index (χ0n) is 16.2. The number of nitrogens with two attached hydrogens (primary N) is 1. The van der Waals surface area contributed by atoms with E-state index in [0.717, 1.165) is 24.1 Å². The fourth-order valence-electron chi connectivity index (χ4n) is 3.85. The number of benzene rings is 3. The van der Waals surface area contributed by atoms with Crippen molar-refractivity contribution < 1.29 is 4.79 Å². The van der Waals surface area contributed by atoms with E-state index in [2.05, 4.69) is 54.3 Å². The molecule has 1 saturated carbocycles. The van der Waals surface area contributed by atoms with Crippen LogP contribution in [0.25, 0.3) is 10.8 Å². The Morgan fingerprint density at radius 3 is 2.43 bits per heavy atom. The molecule has 3 aromatic rings. The molecule has 4 heteroatoms. The largest absolute Gasteiger partial charge is 0.399 e. The minimum atomic E-state index is 0. The van der Waals surface area contributed by atoms with Crippen LogP contribution in [-0.4, -0.2) is 16.8 Å². The van der Waals surface area contributed by atoms with E-state index >= 15 is 0 Å². The smallest absolute Gasteiger partial charge is 0.223 e. The molecule has 1 amide bonds. The molecule has 2 N–H and O–H groups in total. The number of para-hydroxylation sites is 1. The summed E-state index contributed by atoms with van der Waals surface area (Å²) >= 11 is 0. The number of rotatable bonds is 6. The first-order valence-corrected chi connectivity index (χ1v) is 9.77. The Morgan fingerprint density at radius 1 is 1.04 bits per heavy atom. The normalized spacial score (nSPS) is 14.3. The monoisotopic (exact) mass is 394 g/mol. The first kappa shape index (κ1) is 20.2. The molecule has 1 unspecified atom stereocenters. The van der Waals surface area contributed by atoms with Crippen molar-refractivity contribution in [1.82, 2.24) is 4.90 Å². The summed E-state index contributed by atoms with van der Waals surface area (Å²) in [5.74, 6) is 0.224. The summed E-state index contributed by atoms with van der Waals surface area (Å²) in [7, 11) is 0. The lowest BCUT2D eigenvalue weighted by molar-refractivity contribution is -0.134. The summed E-state index contributed by atoms with van der Waals surface area (Å²) in [5, 5.41) is 2.46. The highest BCUT2D eigenvalue weighted by Gasteiger charge is 2.35. The summed E-state index contributed by atoms with van der Waals surface area (Å²) in [6.07, 6.45) is 3.41. The van der Waals surface area contributed by atoms with Gasteiger partial charge in [-0.15, -0.1) is 12.4 Å². The van der Waals surface area contributed by atoms with Crippen LogP contribution < -0.4 is 5.73 Å². The molecular weight excluding hydrogens is 368 g/mol. The van der Waals surface area contributed by atoms with Gasteiger partial charge in [0.05, 0.1) is 6.04 Å². The Balaban J connectivity index is 0.00000225. The summed E-state index contributed by atoms with van der Waals surface area (Å²) in [6, 6.07) is 23.2. The van der Waals surface area contributed by atoms with Crippen LogP contribution in [0.3, 0.4) is 0 Å². The fourth-order valence-corrected chi connectivity index (χ4v) is 3.85. The van der Waals surface area contributed by atoms with Gasteiger partial charge in [0.25, 0.3) is 0 Å². The fraction of sp³-hybridized carbons (Fsp3) is 0.292. The number of halogens is 1. The number of nitrogens with zero attached hydrogens (tertiary/aromatic N) is 1. The van der Waals surface area contributed by atoms with Crippen LogP contribution in [-0.2, 0) is 11.2 Å². The third-order valence-electron chi connectivity index (χ3n) is 5.56. The molecule has 0 spiro atoms. The van der Waals surface area contributed by atoms with Crippen LogP contribution in [0.1, 0.15) is 43.4 Å². The van der Waals surface area contributed by atoms with Gasteiger partial charge in [-0.25, -0.2) is 0 Å². The van der Waals surface area contributed by atoms with Crippen molar-refractivity contribution in [2.24, 2.45) is 0 Å². The van der Waals surface area contributed by atoms with Crippen molar-refractivity contribution in [3.8, 4) is 0 Å². The van der Waals surface area contributed by atoms with Crippen LogP contribution in [0.4, 0.5) is 5.69 Å². The van der Waals surface area contributed by atoms with Gasteiger partial charge in [0.15, 0.2) is 0 Å². The second-order valence-corrected chi connectivity index (χ2v) is 7.51. The summed E-state index contributed by atoms with van der Waals surface area (Å²) in [6.45, 7) is 2.15. The zero-order valence-corrected chi connectivity index (χ0v) is 17.0. The summed E-state index contributed by atoms with van der Waals surface area (Å²) in [5.41, 5.74) is 9.06. The Bertz CT molecular complexity index is 967. The molecular formula is C24H27ClN2O. The highest BCUT2D eigenvalue weighted by molar-refractivity contribution is 5.85. The van der Waals surface area contributed by atoms with Crippen molar-refractivity contribution >= 4 is 34.8 Å². The third kappa shape index (κ3) is 4.31. The minimum Gasteiger partial charge on any atom is -0.399 e. The predicted molar refractivity (Wildman–Crippen MR) is 119 cm³/mol. The Hall–Kier alpha value is -2.52. The molecule has 1 atom stereocenters. The molecule has 0 radical (unpaired) electrons. The molecule has 0 heterocycles. The predicted octanol–water partition coefficient (Wildman–Crippen LogP) is 5.53. The molecule has 28 heavy (non-hydrogen) atoms. The van der Waals surface area contributed by atoms with Gasteiger partial charge in [0.1, 0.15) is 0 Å². The average molecular weight is 395 g/mol. The van der Waals surface area contributed by atoms with E-state index in [4.69, 9.17) is 5.73 Å². The molecule has 146 valence electrons. The van der Waals surface area contributed by atoms with Gasteiger partial charge in [-0.3, -0.25) is 4.79 Å². The molecule has 0 saturated heterocycles. The Morgan fingerprint density at radius 2 is 1.71 bits per heavy atom. The third-order valence-corrected chi connectivity index (χ3v) is 5.56. The standard InChI is InChI=1S/C24H26N2O.ClH/c1-17(20-11-10-18-6-2-3-8-21(18)16-20)26(22-13-14-22)24(27)15-12-19-7-4-5-9-23(19)25;/h2-11,16-17,22H,12-15,25H2,1H3;1H. The Labute approximate surface area is 172 Å². The van der Waals surface area contributed by atoms with Crippen LogP contribution >= 0.6 is 12.4 Å². The van der Waals surface area contributed by atoms with Gasteiger partial charge in [-0.05, 0) is 60.2 Å². The number of hydrogen-bond donors (Lipinski definition) is 1. The number of anilines is 1. The number of fused-ring (bicyclic) bond motifs is 1. The lowest BCUT2D eigenvalue weighted by Gasteiger charge is -2.30. The molecule has 4 rings (SSSR count). The van der Waals surface area contributed by atoms with E-state index in [-0.39, 0.29) is 24.4 Å². The van der Waals surface area contributed by atoms with Gasteiger partial charge in [-0.1, -0.05) is 54.6 Å². The highest BCUT2D eigenvalue weighted by atomic mass is 35.5. The first-order chi connectivity index (χ1) is 13.1. The molecule has 0 aromatic heterocycles. The molecule has 1 aliphatic carbocycles. The van der Waals surface area contributed by atoms with Crippen molar-refractivity contribution in [2.75, 3.05) is 5.73 Å². The quantitative estimate of drug-likeness (QED) is 0.559. The zero-order chi connectivity index (χ0) is 18.8. The SMILES string of the molecule is CC(c1ccc2ccccc2c1)N(C(=O)CCc1ccccc1N)C1CC1.Cl. The topological polar surface area (TPSA) is 46.3 Å². The van der Waals surface area contributed by atoms with E-state index in [9.17, 15) is 4.79 Å². The minimum absolute atomic E-state index is 0. The number of carbonyl (C=O) groups excluding carboxylic acids is 1. The second kappa shape index (κ2) is 8.66. The maximum absolute atomic E-state index is 13.1. The molecule has 3 aromatic carbocycles. The van der Waals surface area contributed by atoms with Crippen LogP contribution in [0.5, 0.6) is 0 Å². The summed E-state index contributed by atoms with van der Waals surface area (Å²) in [4.78, 5) is 15.2. The number of hydrogen-bond acceptors (Lipinski definition) is 2. The van der Waals surface area contributed by atoms with Gasteiger partial charge in [-0.2, -0.15) is 0 Å². The highest BCUT2D eigenvalue weighted by Crippen LogP contribution is 2.36. The van der Waals surface area contributed by atoms with E-state index in [1.54, 1.807) is 0 Å². The number of amides is 1. The second-order valence-electron chi connectivity index (χ2n) is 7.51. The van der Waals surface area contributed by atoms with E-state index in [1.165, 1.54) is 16.3 Å². The number of carbonyl (C=O) groups is 1. The van der Waals surface area contributed by atoms with Gasteiger partial charge in [0, 0.05) is 18.2 Å². The molecule has 1 fully saturated rings. The van der Waals surface area contributed by atoms with Crippen molar-refractivity contribution in [1.29, 1.82) is 0 Å². The first-order valence-electron chi connectivity index (χ1n) is 9.77. The lowest BCUT2D eigenvalue weighted by atomic mass is 10.0. The van der Waals surface area contributed by atoms with E-state index < -0.39 is 0 Å². The molecule has 3 nitrogen and oxygen atoms in total. The molecule has 1 aliphatic rings. The van der Waals surface area contributed by atoms with Crippen LogP contribution in [0.15, 0.2) is 66.7 Å². The number of nitrogen functional groups attached to an aromatic ring is 1. The van der Waals surface area contributed by atoms with E-state index in [1.807, 2.05) is 24.3 Å². The van der Waals surface area contributed by atoms with E-state index in [0.29, 0.717) is 18.9 Å². The lowest BCUT2D eigenvalue weighted by Crippen LogP contribution is -2.35.